The molecule has 3 rings (SSSR count). The molecule has 6 heteroatoms. The summed E-state index contributed by atoms with van der Waals surface area (Å²) >= 11 is 0. The van der Waals surface area contributed by atoms with E-state index in [-0.39, 0.29) is 5.56 Å². The molecule has 6 nitrogen and oxygen atoms in total. The Labute approximate surface area is 133 Å². The van der Waals surface area contributed by atoms with E-state index in [1.54, 1.807) is 23.9 Å². The number of carboxylic acids is 1. The smallest absolute Gasteiger partial charge is 0.337 e. The van der Waals surface area contributed by atoms with Crippen molar-refractivity contribution >= 4 is 5.97 Å². The van der Waals surface area contributed by atoms with Gasteiger partial charge >= 0.3 is 5.97 Å². The highest BCUT2D eigenvalue weighted by Crippen LogP contribution is 2.33. The Hall–Kier alpha value is -3.15. The van der Waals surface area contributed by atoms with E-state index in [0.717, 1.165) is 0 Å². The van der Waals surface area contributed by atoms with Crippen molar-refractivity contribution in [2.24, 2.45) is 7.05 Å². The largest absolute Gasteiger partial charge is 0.496 e. The monoisotopic (exact) mass is 309 g/mol. The Balaban J connectivity index is 2.22. The average Bonchev–Trinajstić information content (AvgIpc) is 3.00. The second kappa shape index (κ2) is 5.92. The van der Waals surface area contributed by atoms with Gasteiger partial charge in [-0.25, -0.2) is 4.79 Å². The maximum absolute atomic E-state index is 11.5. The maximum Gasteiger partial charge on any atom is 0.337 e. The van der Waals surface area contributed by atoms with Crippen LogP contribution in [0.5, 0.6) is 5.75 Å². The van der Waals surface area contributed by atoms with E-state index in [4.69, 9.17) is 4.74 Å². The second-order valence-corrected chi connectivity index (χ2v) is 5.00. The number of carbonyl (C=O) groups is 1. The fourth-order valence-corrected chi connectivity index (χ4v) is 2.41. The quantitative estimate of drug-likeness (QED) is 0.802. The lowest BCUT2D eigenvalue weighted by Gasteiger charge is -2.11. The Kier molecular flexibility index (Phi) is 3.80. The van der Waals surface area contributed by atoms with Crippen LogP contribution in [0.15, 0.2) is 48.8 Å². The standard InChI is InChI=1S/C17H15N3O3/c1-20-8-7-14(19-20)15-9-12(13(10-18-15)17(21)22)11-5-3-4-6-16(11)23-2/h3-10H,1-2H3,(H,21,22). The van der Waals surface area contributed by atoms with Gasteiger partial charge < -0.3 is 9.84 Å². The molecule has 2 heterocycles. The molecule has 0 saturated carbocycles. The number of rotatable bonds is 4. The molecule has 0 bridgehead atoms. The van der Waals surface area contributed by atoms with Gasteiger partial charge in [-0.05, 0) is 18.2 Å². The van der Waals surface area contributed by atoms with Gasteiger partial charge in [0.15, 0.2) is 0 Å². The summed E-state index contributed by atoms with van der Waals surface area (Å²) in [6, 6.07) is 10.8. The SMILES string of the molecule is COc1ccccc1-c1cc(-c2ccn(C)n2)ncc1C(=O)O. The third kappa shape index (κ3) is 2.78. The van der Waals surface area contributed by atoms with Crippen LogP contribution in [-0.4, -0.2) is 33.0 Å². The lowest BCUT2D eigenvalue weighted by atomic mass is 9.99. The summed E-state index contributed by atoms with van der Waals surface area (Å²) in [5.74, 6) is -0.431. The van der Waals surface area contributed by atoms with Gasteiger partial charge in [0.2, 0.25) is 0 Å². The molecule has 116 valence electrons. The Morgan fingerprint density at radius 2 is 1.96 bits per heavy atom. The van der Waals surface area contributed by atoms with Crippen LogP contribution in [0.1, 0.15) is 10.4 Å². The van der Waals surface area contributed by atoms with Crippen LogP contribution in [0.25, 0.3) is 22.5 Å². The lowest BCUT2D eigenvalue weighted by Crippen LogP contribution is -2.02. The average molecular weight is 309 g/mol. The van der Waals surface area contributed by atoms with E-state index >= 15 is 0 Å². The molecular weight excluding hydrogens is 294 g/mol. The summed E-state index contributed by atoms with van der Waals surface area (Å²) in [6.07, 6.45) is 3.17. The molecule has 0 amide bonds. The summed E-state index contributed by atoms with van der Waals surface area (Å²) in [7, 11) is 3.37. The predicted molar refractivity (Wildman–Crippen MR) is 85.4 cm³/mol. The van der Waals surface area contributed by atoms with Crippen molar-refractivity contribution in [2.75, 3.05) is 7.11 Å². The van der Waals surface area contributed by atoms with Crippen molar-refractivity contribution < 1.29 is 14.6 Å². The molecule has 0 fully saturated rings. The minimum atomic E-state index is -1.04. The molecule has 0 aliphatic carbocycles. The van der Waals surface area contributed by atoms with Crippen LogP contribution < -0.4 is 4.74 Å². The summed E-state index contributed by atoms with van der Waals surface area (Å²) < 4.78 is 7.02. The molecular formula is C17H15N3O3. The summed E-state index contributed by atoms with van der Waals surface area (Å²) in [5.41, 5.74) is 2.66. The van der Waals surface area contributed by atoms with Crippen LogP contribution >= 0.6 is 0 Å². The fraction of sp³-hybridized carbons (Fsp3) is 0.118. The van der Waals surface area contributed by atoms with E-state index < -0.39 is 5.97 Å². The maximum atomic E-state index is 11.5. The number of aromatic carboxylic acids is 1. The number of nitrogens with zero attached hydrogens (tertiary/aromatic N) is 3. The predicted octanol–water partition coefficient (Wildman–Crippen LogP) is 2.86. The van der Waals surface area contributed by atoms with Gasteiger partial charge in [-0.1, -0.05) is 18.2 Å². The first-order valence-electron chi connectivity index (χ1n) is 6.97. The van der Waals surface area contributed by atoms with Crippen molar-refractivity contribution in [3.05, 3.63) is 54.4 Å². The molecule has 0 aliphatic heterocycles. The van der Waals surface area contributed by atoms with Crippen LogP contribution in [0, 0.1) is 0 Å². The van der Waals surface area contributed by atoms with Gasteiger partial charge in [-0.15, -0.1) is 0 Å². The number of hydrogen-bond acceptors (Lipinski definition) is 4. The van der Waals surface area contributed by atoms with Crippen molar-refractivity contribution in [3.8, 4) is 28.3 Å². The molecule has 2 aromatic heterocycles. The number of aryl methyl sites for hydroxylation is 1. The highest BCUT2D eigenvalue weighted by Gasteiger charge is 2.17. The summed E-state index contributed by atoms with van der Waals surface area (Å²) in [6.45, 7) is 0. The summed E-state index contributed by atoms with van der Waals surface area (Å²) in [5, 5.41) is 13.8. The van der Waals surface area contributed by atoms with Gasteiger partial charge in [0.05, 0.1) is 18.4 Å². The molecule has 0 atom stereocenters. The van der Waals surface area contributed by atoms with Crippen LogP contribution in [0.4, 0.5) is 0 Å². The zero-order valence-corrected chi connectivity index (χ0v) is 12.7. The highest BCUT2D eigenvalue weighted by atomic mass is 16.5. The Bertz CT molecular complexity index is 871. The number of aromatic nitrogens is 3. The number of carboxylic acid groups (broad SMARTS) is 1. The molecule has 0 aliphatic rings. The van der Waals surface area contributed by atoms with Crippen molar-refractivity contribution in [3.63, 3.8) is 0 Å². The normalized spacial score (nSPS) is 10.5. The molecule has 1 aromatic carbocycles. The van der Waals surface area contributed by atoms with Crippen molar-refractivity contribution in [1.29, 1.82) is 0 Å². The van der Waals surface area contributed by atoms with Gasteiger partial charge in [-0.2, -0.15) is 5.10 Å². The van der Waals surface area contributed by atoms with E-state index in [0.29, 0.717) is 28.3 Å². The second-order valence-electron chi connectivity index (χ2n) is 5.00. The minimum absolute atomic E-state index is 0.120. The van der Waals surface area contributed by atoms with Gasteiger partial charge in [0.1, 0.15) is 11.4 Å². The zero-order valence-electron chi connectivity index (χ0n) is 12.7. The van der Waals surface area contributed by atoms with E-state index in [2.05, 4.69) is 10.1 Å². The first kappa shape index (κ1) is 14.8. The molecule has 0 spiro atoms. The lowest BCUT2D eigenvalue weighted by molar-refractivity contribution is 0.0697. The van der Waals surface area contributed by atoms with Crippen LogP contribution in [0.2, 0.25) is 0 Å². The number of methoxy groups -OCH3 is 1. The molecule has 0 saturated heterocycles. The molecule has 0 unspecified atom stereocenters. The zero-order chi connectivity index (χ0) is 16.4. The van der Waals surface area contributed by atoms with E-state index in [1.807, 2.05) is 37.5 Å². The highest BCUT2D eigenvalue weighted by molar-refractivity contribution is 5.97. The fourth-order valence-electron chi connectivity index (χ4n) is 2.41. The van der Waals surface area contributed by atoms with Crippen LogP contribution in [-0.2, 0) is 7.05 Å². The van der Waals surface area contributed by atoms with Gasteiger partial charge in [-0.3, -0.25) is 9.67 Å². The van der Waals surface area contributed by atoms with Gasteiger partial charge in [0.25, 0.3) is 0 Å². The van der Waals surface area contributed by atoms with E-state index in [9.17, 15) is 9.90 Å². The minimum Gasteiger partial charge on any atom is -0.496 e. The Morgan fingerprint density at radius 3 is 2.61 bits per heavy atom. The molecule has 3 aromatic rings. The molecule has 1 N–H and O–H groups in total. The number of hydrogen-bond donors (Lipinski definition) is 1. The van der Waals surface area contributed by atoms with Crippen LogP contribution in [0.3, 0.4) is 0 Å². The topological polar surface area (TPSA) is 77.2 Å². The van der Waals surface area contributed by atoms with Crippen molar-refractivity contribution in [2.45, 2.75) is 0 Å². The number of pyridine rings is 1. The Morgan fingerprint density at radius 1 is 1.17 bits per heavy atom. The first-order chi connectivity index (χ1) is 11.1. The molecule has 0 radical (unpaired) electrons. The van der Waals surface area contributed by atoms with Gasteiger partial charge in [0, 0.05) is 30.6 Å². The summed E-state index contributed by atoms with van der Waals surface area (Å²) in [4.78, 5) is 15.8. The number of ether oxygens (including phenoxy) is 1. The number of para-hydroxylation sites is 1. The third-order valence-corrected chi connectivity index (χ3v) is 3.51. The van der Waals surface area contributed by atoms with Crippen molar-refractivity contribution in [1.82, 2.24) is 14.8 Å². The molecule has 23 heavy (non-hydrogen) atoms. The third-order valence-electron chi connectivity index (χ3n) is 3.51. The first-order valence-corrected chi connectivity index (χ1v) is 6.97. The number of benzene rings is 1. The van der Waals surface area contributed by atoms with E-state index in [1.165, 1.54) is 6.20 Å².